The first kappa shape index (κ1) is 10.9. The van der Waals surface area contributed by atoms with E-state index in [-0.39, 0.29) is 5.91 Å². The van der Waals surface area contributed by atoms with Crippen LogP contribution < -0.4 is 5.32 Å². The Hall–Kier alpha value is -1.22. The van der Waals surface area contributed by atoms with Gasteiger partial charge < -0.3 is 5.32 Å². The lowest BCUT2D eigenvalue weighted by molar-refractivity contribution is -0.119. The molecule has 0 aliphatic carbocycles. The van der Waals surface area contributed by atoms with Gasteiger partial charge in [0.15, 0.2) is 0 Å². The number of hydrogen-bond acceptors (Lipinski definition) is 2. The first-order valence-electron chi connectivity index (χ1n) is 4.59. The molecule has 0 atom stereocenters. The molecule has 0 saturated carbocycles. The minimum atomic E-state index is -0.0126. The van der Waals surface area contributed by atoms with E-state index in [0.29, 0.717) is 17.8 Å². The maximum Gasteiger partial charge on any atom is 0.225 e. The Labute approximate surface area is 89.3 Å². The number of rotatable bonds is 4. The molecule has 0 aromatic heterocycles. The van der Waals surface area contributed by atoms with Gasteiger partial charge in [-0.3, -0.25) is 4.79 Å². The summed E-state index contributed by atoms with van der Waals surface area (Å²) in [6, 6.07) is 9.60. The summed E-state index contributed by atoms with van der Waals surface area (Å²) in [4.78, 5) is 11.9. The highest BCUT2D eigenvalue weighted by molar-refractivity contribution is 7.80. The van der Waals surface area contributed by atoms with Gasteiger partial charge in [-0.05, 0) is 12.5 Å². The molecule has 1 aromatic rings. The van der Waals surface area contributed by atoms with Crippen molar-refractivity contribution in [2.75, 3.05) is 6.54 Å². The van der Waals surface area contributed by atoms with Crippen molar-refractivity contribution in [1.29, 1.82) is 0 Å². The second-order valence-corrected chi connectivity index (χ2v) is 3.41. The predicted molar refractivity (Wildman–Crippen MR) is 61.4 cm³/mol. The second-order valence-electron chi connectivity index (χ2n) is 2.92. The van der Waals surface area contributed by atoms with Crippen LogP contribution in [0, 0.1) is 0 Å². The maximum absolute atomic E-state index is 11.2. The molecule has 0 heterocycles. The summed E-state index contributed by atoms with van der Waals surface area (Å²) < 4.78 is 0. The number of carbonyl (C=O) groups is 1. The van der Waals surface area contributed by atoms with Crippen LogP contribution >= 0.6 is 12.2 Å². The van der Waals surface area contributed by atoms with Crippen LogP contribution in [-0.4, -0.2) is 17.3 Å². The Morgan fingerprint density at radius 3 is 2.57 bits per heavy atom. The normalized spacial score (nSPS) is 9.50. The zero-order chi connectivity index (χ0) is 10.4. The molecular formula is C11H13NOS. The molecule has 0 fully saturated rings. The number of carbonyl (C=O) groups excluding carboxylic acids is 1. The summed E-state index contributed by atoms with van der Waals surface area (Å²) >= 11 is 5.15. The van der Waals surface area contributed by atoms with Gasteiger partial charge in [0.05, 0.1) is 6.42 Å². The van der Waals surface area contributed by atoms with Crippen molar-refractivity contribution in [3.05, 3.63) is 35.9 Å². The van der Waals surface area contributed by atoms with Crippen molar-refractivity contribution >= 4 is 23.0 Å². The summed E-state index contributed by atoms with van der Waals surface area (Å²) in [5.41, 5.74) is 0.953. The average Bonchev–Trinajstić information content (AvgIpc) is 2.19. The van der Waals surface area contributed by atoms with E-state index in [1.807, 2.05) is 37.3 Å². The molecule has 1 amide bonds. The summed E-state index contributed by atoms with van der Waals surface area (Å²) in [5.74, 6) is -0.0126. The van der Waals surface area contributed by atoms with E-state index < -0.39 is 0 Å². The monoisotopic (exact) mass is 207 g/mol. The Morgan fingerprint density at radius 2 is 2.00 bits per heavy atom. The van der Waals surface area contributed by atoms with Crippen molar-refractivity contribution in [1.82, 2.24) is 5.32 Å². The highest BCUT2D eigenvalue weighted by Crippen LogP contribution is 2.04. The highest BCUT2D eigenvalue weighted by atomic mass is 32.1. The predicted octanol–water partition coefficient (Wildman–Crippen LogP) is 1.93. The van der Waals surface area contributed by atoms with E-state index in [1.165, 1.54) is 0 Å². The quantitative estimate of drug-likeness (QED) is 0.604. The molecule has 0 saturated heterocycles. The lowest BCUT2D eigenvalue weighted by Crippen LogP contribution is -2.24. The summed E-state index contributed by atoms with van der Waals surface area (Å²) in [6.45, 7) is 2.54. The van der Waals surface area contributed by atoms with Crippen LogP contribution in [0.5, 0.6) is 0 Å². The number of thiocarbonyl (C=S) groups is 1. The molecule has 0 radical (unpaired) electrons. The molecule has 14 heavy (non-hydrogen) atoms. The molecule has 1 aromatic carbocycles. The largest absolute Gasteiger partial charge is 0.356 e. The molecule has 1 N–H and O–H groups in total. The summed E-state index contributed by atoms with van der Waals surface area (Å²) in [7, 11) is 0. The Morgan fingerprint density at radius 1 is 1.36 bits per heavy atom. The molecule has 3 heteroatoms. The molecule has 0 aliphatic rings. The smallest absolute Gasteiger partial charge is 0.225 e. The van der Waals surface area contributed by atoms with Crippen LogP contribution in [0.4, 0.5) is 0 Å². The van der Waals surface area contributed by atoms with Gasteiger partial charge in [-0.25, -0.2) is 0 Å². The Kier molecular flexibility index (Phi) is 4.26. The molecule has 0 unspecified atom stereocenters. The van der Waals surface area contributed by atoms with Crippen LogP contribution in [0.25, 0.3) is 0 Å². The van der Waals surface area contributed by atoms with Crippen LogP contribution in [-0.2, 0) is 4.79 Å². The zero-order valence-corrected chi connectivity index (χ0v) is 8.93. The van der Waals surface area contributed by atoms with Crippen LogP contribution in [0.2, 0.25) is 0 Å². The minimum absolute atomic E-state index is 0.0126. The van der Waals surface area contributed by atoms with E-state index in [9.17, 15) is 4.79 Å². The SMILES string of the molecule is CCNC(=O)CC(=S)c1ccccc1. The first-order chi connectivity index (χ1) is 6.74. The standard InChI is InChI=1S/C11H13NOS/c1-2-12-11(13)8-10(14)9-6-4-3-5-7-9/h3-7H,2,8H2,1H3,(H,12,13). The van der Waals surface area contributed by atoms with Crippen LogP contribution in [0.3, 0.4) is 0 Å². The first-order valence-corrected chi connectivity index (χ1v) is 4.99. The van der Waals surface area contributed by atoms with E-state index in [4.69, 9.17) is 12.2 Å². The van der Waals surface area contributed by atoms with E-state index in [2.05, 4.69) is 5.32 Å². The summed E-state index contributed by atoms with van der Waals surface area (Å²) in [6.07, 6.45) is 0.299. The third kappa shape index (κ3) is 3.26. The second kappa shape index (κ2) is 5.50. The van der Waals surface area contributed by atoms with Crippen LogP contribution in [0.1, 0.15) is 18.9 Å². The van der Waals surface area contributed by atoms with Crippen molar-refractivity contribution in [2.45, 2.75) is 13.3 Å². The van der Waals surface area contributed by atoms with Gasteiger partial charge in [-0.2, -0.15) is 0 Å². The third-order valence-electron chi connectivity index (χ3n) is 1.79. The van der Waals surface area contributed by atoms with Gasteiger partial charge in [0, 0.05) is 11.4 Å². The van der Waals surface area contributed by atoms with E-state index in [1.54, 1.807) is 0 Å². The highest BCUT2D eigenvalue weighted by Gasteiger charge is 2.05. The molecule has 2 nitrogen and oxygen atoms in total. The van der Waals surface area contributed by atoms with Crippen molar-refractivity contribution in [2.24, 2.45) is 0 Å². The van der Waals surface area contributed by atoms with E-state index >= 15 is 0 Å². The van der Waals surface area contributed by atoms with Gasteiger partial charge in [0.2, 0.25) is 5.91 Å². The number of hydrogen-bond donors (Lipinski definition) is 1. The fraction of sp³-hybridized carbons (Fsp3) is 0.273. The Balaban J connectivity index is 2.55. The number of amides is 1. The lowest BCUT2D eigenvalue weighted by atomic mass is 10.1. The van der Waals surface area contributed by atoms with Crippen molar-refractivity contribution in [3.8, 4) is 0 Å². The number of nitrogens with one attached hydrogen (secondary N) is 1. The lowest BCUT2D eigenvalue weighted by Gasteiger charge is -2.03. The van der Waals surface area contributed by atoms with E-state index in [0.717, 1.165) is 5.56 Å². The van der Waals surface area contributed by atoms with Gasteiger partial charge >= 0.3 is 0 Å². The molecule has 74 valence electrons. The topological polar surface area (TPSA) is 29.1 Å². The third-order valence-corrected chi connectivity index (χ3v) is 2.17. The van der Waals surface area contributed by atoms with Crippen LogP contribution in [0.15, 0.2) is 30.3 Å². The number of benzene rings is 1. The Bertz CT molecular complexity index is 321. The fourth-order valence-electron chi connectivity index (χ4n) is 1.13. The fourth-order valence-corrected chi connectivity index (χ4v) is 1.40. The van der Waals surface area contributed by atoms with Gasteiger partial charge in [-0.1, -0.05) is 42.5 Å². The molecule has 0 bridgehead atoms. The van der Waals surface area contributed by atoms with Crippen molar-refractivity contribution < 1.29 is 4.79 Å². The molecule has 0 spiro atoms. The van der Waals surface area contributed by atoms with Crippen molar-refractivity contribution in [3.63, 3.8) is 0 Å². The minimum Gasteiger partial charge on any atom is -0.356 e. The van der Waals surface area contributed by atoms with Gasteiger partial charge in [-0.15, -0.1) is 0 Å². The van der Waals surface area contributed by atoms with Gasteiger partial charge in [0.1, 0.15) is 0 Å². The maximum atomic E-state index is 11.2. The molecular weight excluding hydrogens is 194 g/mol. The zero-order valence-electron chi connectivity index (χ0n) is 8.12. The molecule has 1 rings (SSSR count). The summed E-state index contributed by atoms with van der Waals surface area (Å²) in [5, 5.41) is 2.72. The van der Waals surface area contributed by atoms with Gasteiger partial charge in [0.25, 0.3) is 0 Å². The average molecular weight is 207 g/mol. The molecule has 0 aliphatic heterocycles.